The number of rotatable bonds is 7. The number of ketones is 1. The Morgan fingerprint density at radius 1 is 1.10 bits per heavy atom. The van der Waals surface area contributed by atoms with Crippen LogP contribution in [0.2, 0.25) is 0 Å². The van der Waals surface area contributed by atoms with Crippen LogP contribution in [0.3, 0.4) is 0 Å². The van der Waals surface area contributed by atoms with Crippen LogP contribution < -0.4 is 5.32 Å². The maximum atomic E-state index is 13.0. The van der Waals surface area contributed by atoms with Gasteiger partial charge in [-0.1, -0.05) is 36.4 Å². The molecule has 0 saturated carbocycles. The number of hydrogen-bond donors (Lipinski definition) is 1. The van der Waals surface area contributed by atoms with E-state index in [4.69, 9.17) is 0 Å². The fourth-order valence-electron chi connectivity index (χ4n) is 3.83. The Morgan fingerprint density at radius 2 is 1.87 bits per heavy atom. The van der Waals surface area contributed by atoms with Gasteiger partial charge in [-0.05, 0) is 36.9 Å². The van der Waals surface area contributed by atoms with Crippen molar-refractivity contribution in [2.45, 2.75) is 32.9 Å². The minimum Gasteiger partial charge on any atom is -0.343 e. The van der Waals surface area contributed by atoms with Gasteiger partial charge in [0.25, 0.3) is 5.91 Å². The van der Waals surface area contributed by atoms with E-state index in [2.05, 4.69) is 16.0 Å². The first-order valence-corrected chi connectivity index (χ1v) is 10.7. The first-order valence-electron chi connectivity index (χ1n) is 9.82. The molecule has 3 amide bonds. The standard InChI is InChI=1S/C23H23N3O3S/c1-15-11-19(16(2)25(15)13-18-9-6-10-30-18)21(27)14-26-22(28)20(24-23(26)29)12-17-7-4-3-5-8-17/h3-11,20H,12-14H2,1-2H3,(H,24,29)/t20-/m0/s1. The van der Waals surface area contributed by atoms with Crippen molar-refractivity contribution in [1.82, 2.24) is 14.8 Å². The molecule has 1 fully saturated rings. The van der Waals surface area contributed by atoms with Gasteiger partial charge in [0, 0.05) is 28.2 Å². The molecular weight excluding hydrogens is 398 g/mol. The van der Waals surface area contributed by atoms with E-state index in [-0.39, 0.29) is 18.2 Å². The smallest absolute Gasteiger partial charge is 0.325 e. The highest BCUT2D eigenvalue weighted by atomic mass is 32.1. The van der Waals surface area contributed by atoms with Crippen molar-refractivity contribution in [3.63, 3.8) is 0 Å². The average molecular weight is 422 g/mol. The highest BCUT2D eigenvalue weighted by Crippen LogP contribution is 2.21. The second kappa shape index (κ2) is 8.28. The number of imide groups is 1. The zero-order valence-electron chi connectivity index (χ0n) is 16.9. The molecule has 0 unspecified atom stereocenters. The third kappa shape index (κ3) is 3.93. The van der Waals surface area contributed by atoms with Gasteiger partial charge in [0.15, 0.2) is 5.78 Å². The first-order chi connectivity index (χ1) is 14.4. The quantitative estimate of drug-likeness (QED) is 0.468. The van der Waals surface area contributed by atoms with Crippen LogP contribution in [-0.4, -0.2) is 39.8 Å². The second-order valence-electron chi connectivity index (χ2n) is 7.49. The maximum absolute atomic E-state index is 13.0. The number of aromatic nitrogens is 1. The molecule has 0 spiro atoms. The summed E-state index contributed by atoms with van der Waals surface area (Å²) < 4.78 is 2.09. The summed E-state index contributed by atoms with van der Waals surface area (Å²) in [6.07, 6.45) is 0.408. The van der Waals surface area contributed by atoms with Gasteiger partial charge in [-0.25, -0.2) is 4.79 Å². The van der Waals surface area contributed by atoms with E-state index in [1.165, 1.54) is 4.88 Å². The van der Waals surface area contributed by atoms with Gasteiger partial charge < -0.3 is 9.88 Å². The number of urea groups is 1. The number of amides is 3. The Kier molecular flexibility index (Phi) is 5.55. The topological polar surface area (TPSA) is 71.4 Å². The van der Waals surface area contributed by atoms with Gasteiger partial charge >= 0.3 is 6.03 Å². The monoisotopic (exact) mass is 421 g/mol. The summed E-state index contributed by atoms with van der Waals surface area (Å²) in [6.45, 7) is 4.31. The zero-order valence-corrected chi connectivity index (χ0v) is 17.7. The fourth-order valence-corrected chi connectivity index (χ4v) is 4.52. The molecule has 154 valence electrons. The summed E-state index contributed by atoms with van der Waals surface area (Å²) in [4.78, 5) is 40.3. The van der Waals surface area contributed by atoms with E-state index in [0.717, 1.165) is 21.9 Å². The molecule has 0 radical (unpaired) electrons. The van der Waals surface area contributed by atoms with Gasteiger partial charge in [0.05, 0.1) is 13.1 Å². The molecule has 1 atom stereocenters. The van der Waals surface area contributed by atoms with Crippen molar-refractivity contribution < 1.29 is 14.4 Å². The predicted octanol–water partition coefficient (Wildman–Crippen LogP) is 3.56. The van der Waals surface area contributed by atoms with Crippen molar-refractivity contribution in [2.24, 2.45) is 0 Å². The lowest BCUT2D eigenvalue weighted by Gasteiger charge is -2.13. The Labute approximate surface area is 179 Å². The second-order valence-corrected chi connectivity index (χ2v) is 8.52. The molecular formula is C23H23N3O3S. The summed E-state index contributed by atoms with van der Waals surface area (Å²) in [7, 11) is 0. The molecule has 30 heavy (non-hydrogen) atoms. The largest absolute Gasteiger partial charge is 0.343 e. The number of carbonyl (C=O) groups excluding carboxylic acids is 3. The Hall–Kier alpha value is -3.19. The van der Waals surface area contributed by atoms with Crippen molar-refractivity contribution >= 4 is 29.1 Å². The van der Waals surface area contributed by atoms with Crippen LogP contribution in [0, 0.1) is 13.8 Å². The molecule has 3 heterocycles. The van der Waals surface area contributed by atoms with E-state index in [0.29, 0.717) is 18.5 Å². The lowest BCUT2D eigenvalue weighted by atomic mass is 10.1. The SMILES string of the molecule is Cc1cc(C(=O)CN2C(=O)N[C@@H](Cc3ccccc3)C2=O)c(C)n1Cc1cccs1. The highest BCUT2D eigenvalue weighted by molar-refractivity contribution is 7.09. The third-order valence-corrected chi connectivity index (χ3v) is 6.32. The molecule has 4 rings (SSSR count). The van der Waals surface area contributed by atoms with Crippen molar-refractivity contribution in [3.8, 4) is 0 Å². The number of carbonyl (C=O) groups is 3. The predicted molar refractivity (Wildman–Crippen MR) is 116 cm³/mol. The number of hydrogen-bond acceptors (Lipinski definition) is 4. The van der Waals surface area contributed by atoms with Gasteiger partial charge in [-0.15, -0.1) is 11.3 Å². The lowest BCUT2D eigenvalue weighted by molar-refractivity contribution is -0.127. The highest BCUT2D eigenvalue weighted by Gasteiger charge is 2.39. The van der Waals surface area contributed by atoms with Crippen LogP contribution in [0.5, 0.6) is 0 Å². The molecule has 2 aromatic heterocycles. The zero-order chi connectivity index (χ0) is 21.3. The number of Topliss-reactive ketones (excluding diaryl/α,β-unsaturated/α-hetero) is 1. The summed E-state index contributed by atoms with van der Waals surface area (Å²) in [5, 5.41) is 4.73. The number of nitrogens with one attached hydrogen (secondary N) is 1. The molecule has 6 nitrogen and oxygen atoms in total. The first kappa shape index (κ1) is 20.1. The van der Waals surface area contributed by atoms with Crippen molar-refractivity contribution in [3.05, 3.63) is 81.3 Å². The summed E-state index contributed by atoms with van der Waals surface area (Å²) in [5.74, 6) is -0.589. The number of benzene rings is 1. The normalized spacial score (nSPS) is 16.2. The summed E-state index contributed by atoms with van der Waals surface area (Å²) in [5.41, 5.74) is 3.33. The molecule has 1 aromatic carbocycles. The van der Waals surface area contributed by atoms with Crippen LogP contribution >= 0.6 is 11.3 Å². The summed E-state index contributed by atoms with van der Waals surface area (Å²) >= 11 is 1.67. The van der Waals surface area contributed by atoms with Gasteiger partial charge in [-0.2, -0.15) is 0 Å². The Balaban J connectivity index is 1.47. The number of thiophene rings is 1. The van der Waals surface area contributed by atoms with Crippen LogP contribution in [-0.2, 0) is 17.8 Å². The molecule has 3 aromatic rings. The van der Waals surface area contributed by atoms with E-state index in [1.54, 1.807) is 11.3 Å². The van der Waals surface area contributed by atoms with Gasteiger partial charge in [-0.3, -0.25) is 14.5 Å². The molecule has 1 N–H and O–H groups in total. The van der Waals surface area contributed by atoms with E-state index >= 15 is 0 Å². The number of aryl methyl sites for hydroxylation is 1. The maximum Gasteiger partial charge on any atom is 0.325 e. The third-order valence-electron chi connectivity index (χ3n) is 5.46. The van der Waals surface area contributed by atoms with Crippen LogP contribution in [0.15, 0.2) is 53.9 Å². The van der Waals surface area contributed by atoms with Crippen molar-refractivity contribution in [2.75, 3.05) is 6.54 Å². The minimum atomic E-state index is -0.640. The van der Waals surface area contributed by atoms with E-state index in [9.17, 15) is 14.4 Å². The molecule has 7 heteroatoms. The van der Waals surface area contributed by atoms with Crippen LogP contribution in [0.4, 0.5) is 4.79 Å². The van der Waals surface area contributed by atoms with Crippen LogP contribution in [0.1, 0.15) is 32.2 Å². The van der Waals surface area contributed by atoms with Crippen molar-refractivity contribution in [1.29, 1.82) is 0 Å². The molecule has 1 saturated heterocycles. The minimum absolute atomic E-state index is 0.232. The van der Waals surface area contributed by atoms with Crippen LogP contribution in [0.25, 0.3) is 0 Å². The van der Waals surface area contributed by atoms with Gasteiger partial charge in [0.1, 0.15) is 6.04 Å². The average Bonchev–Trinajstić information content (AvgIpc) is 3.41. The number of nitrogens with zero attached hydrogens (tertiary/aromatic N) is 2. The fraction of sp³-hybridized carbons (Fsp3) is 0.261. The Bertz CT molecular complexity index is 1090. The van der Waals surface area contributed by atoms with E-state index in [1.807, 2.05) is 61.7 Å². The van der Waals surface area contributed by atoms with E-state index < -0.39 is 12.1 Å². The summed E-state index contributed by atoms with van der Waals surface area (Å²) in [6, 6.07) is 14.3. The lowest BCUT2D eigenvalue weighted by Crippen LogP contribution is -2.36. The molecule has 0 aliphatic carbocycles. The Morgan fingerprint density at radius 3 is 2.57 bits per heavy atom. The van der Waals surface area contributed by atoms with Gasteiger partial charge in [0.2, 0.25) is 0 Å². The molecule has 1 aliphatic rings. The molecule has 1 aliphatic heterocycles. The molecule has 0 bridgehead atoms.